The van der Waals surface area contributed by atoms with Crippen LogP contribution in [0.5, 0.6) is 5.75 Å². The predicted molar refractivity (Wildman–Crippen MR) is 84.7 cm³/mol. The molecule has 1 saturated heterocycles. The summed E-state index contributed by atoms with van der Waals surface area (Å²) in [5.41, 5.74) is 0.594. The number of aliphatic hydroxyl groups is 1. The van der Waals surface area contributed by atoms with Crippen molar-refractivity contribution in [2.24, 2.45) is 0 Å². The second-order valence-electron chi connectivity index (χ2n) is 5.06. The Bertz CT molecular complexity index is 496. The van der Waals surface area contributed by atoms with Crippen LogP contribution in [0.1, 0.15) is 16.8 Å². The molecule has 116 valence electrons. The standard InChI is InChI=1S/C15H21BrN2O3/c1-21-14-11-12(16)3-4-13(14)15(20)18-6-2-5-17(7-8-18)9-10-19/h3-4,11,19H,2,5-10H2,1H3. The summed E-state index contributed by atoms with van der Waals surface area (Å²) < 4.78 is 6.20. The van der Waals surface area contributed by atoms with Gasteiger partial charge in [-0.15, -0.1) is 0 Å². The first-order valence-corrected chi connectivity index (χ1v) is 7.91. The van der Waals surface area contributed by atoms with Crippen molar-refractivity contribution in [2.45, 2.75) is 6.42 Å². The smallest absolute Gasteiger partial charge is 0.257 e. The number of ether oxygens (including phenoxy) is 1. The van der Waals surface area contributed by atoms with Crippen molar-refractivity contribution in [3.8, 4) is 5.75 Å². The molecule has 0 aromatic heterocycles. The molecule has 1 N–H and O–H groups in total. The third kappa shape index (κ3) is 4.18. The van der Waals surface area contributed by atoms with Gasteiger partial charge in [0.05, 0.1) is 19.3 Å². The Hall–Kier alpha value is -1.11. The number of rotatable bonds is 4. The number of halogens is 1. The minimum absolute atomic E-state index is 0.00481. The van der Waals surface area contributed by atoms with E-state index in [1.807, 2.05) is 17.0 Å². The topological polar surface area (TPSA) is 53.0 Å². The predicted octanol–water partition coefficient (Wildman–Crippen LogP) is 1.60. The molecule has 1 fully saturated rings. The van der Waals surface area contributed by atoms with Crippen molar-refractivity contribution in [3.05, 3.63) is 28.2 Å². The van der Waals surface area contributed by atoms with Gasteiger partial charge in [-0.05, 0) is 31.2 Å². The fourth-order valence-corrected chi connectivity index (χ4v) is 2.89. The molecular formula is C15H21BrN2O3. The second kappa shape index (κ2) is 7.77. The van der Waals surface area contributed by atoms with Crippen LogP contribution in [0.3, 0.4) is 0 Å². The Morgan fingerprint density at radius 1 is 1.33 bits per heavy atom. The zero-order valence-electron chi connectivity index (χ0n) is 12.2. The van der Waals surface area contributed by atoms with Crippen molar-refractivity contribution in [1.82, 2.24) is 9.80 Å². The molecule has 0 radical (unpaired) electrons. The van der Waals surface area contributed by atoms with E-state index >= 15 is 0 Å². The molecule has 5 nitrogen and oxygen atoms in total. The summed E-state index contributed by atoms with van der Waals surface area (Å²) in [6.07, 6.45) is 0.921. The first-order valence-electron chi connectivity index (χ1n) is 7.11. The average molecular weight is 357 g/mol. The molecule has 0 atom stereocenters. The number of aliphatic hydroxyl groups excluding tert-OH is 1. The van der Waals surface area contributed by atoms with Crippen LogP contribution in [-0.4, -0.2) is 67.3 Å². The molecule has 0 spiro atoms. The Labute approximate surface area is 133 Å². The molecule has 1 aliphatic heterocycles. The molecule has 1 aliphatic rings. The van der Waals surface area contributed by atoms with Gasteiger partial charge in [0.15, 0.2) is 0 Å². The lowest BCUT2D eigenvalue weighted by molar-refractivity contribution is 0.0757. The van der Waals surface area contributed by atoms with Gasteiger partial charge < -0.3 is 14.7 Å². The SMILES string of the molecule is COc1cc(Br)ccc1C(=O)N1CCCN(CCO)CC1. The highest BCUT2D eigenvalue weighted by Gasteiger charge is 2.22. The van der Waals surface area contributed by atoms with E-state index < -0.39 is 0 Å². The van der Waals surface area contributed by atoms with Gasteiger partial charge in [-0.3, -0.25) is 9.69 Å². The molecule has 0 saturated carbocycles. The van der Waals surface area contributed by atoms with Crippen molar-refractivity contribution in [1.29, 1.82) is 0 Å². The summed E-state index contributed by atoms with van der Waals surface area (Å²) in [5.74, 6) is 0.594. The maximum absolute atomic E-state index is 12.7. The number of carbonyl (C=O) groups is 1. The largest absolute Gasteiger partial charge is 0.496 e. The van der Waals surface area contributed by atoms with Gasteiger partial charge in [-0.25, -0.2) is 0 Å². The summed E-state index contributed by atoms with van der Waals surface area (Å²) >= 11 is 3.38. The van der Waals surface area contributed by atoms with Crippen LogP contribution in [0.2, 0.25) is 0 Å². The summed E-state index contributed by atoms with van der Waals surface area (Å²) in [5, 5.41) is 9.01. The number of amides is 1. The molecule has 1 aromatic carbocycles. The fourth-order valence-electron chi connectivity index (χ4n) is 2.55. The Balaban J connectivity index is 2.09. The Kier molecular flexibility index (Phi) is 6.02. The van der Waals surface area contributed by atoms with E-state index in [1.165, 1.54) is 0 Å². The van der Waals surface area contributed by atoms with Gasteiger partial charge in [0.1, 0.15) is 5.75 Å². The highest BCUT2D eigenvalue weighted by molar-refractivity contribution is 9.10. The highest BCUT2D eigenvalue weighted by atomic mass is 79.9. The fraction of sp³-hybridized carbons (Fsp3) is 0.533. The zero-order valence-corrected chi connectivity index (χ0v) is 13.8. The minimum Gasteiger partial charge on any atom is -0.496 e. The molecule has 1 heterocycles. The van der Waals surface area contributed by atoms with Crippen molar-refractivity contribution >= 4 is 21.8 Å². The number of nitrogens with zero attached hydrogens (tertiary/aromatic N) is 2. The zero-order chi connectivity index (χ0) is 15.2. The van der Waals surface area contributed by atoms with Crippen molar-refractivity contribution in [3.63, 3.8) is 0 Å². The van der Waals surface area contributed by atoms with E-state index in [2.05, 4.69) is 20.8 Å². The van der Waals surface area contributed by atoms with Gasteiger partial charge in [-0.2, -0.15) is 0 Å². The van der Waals surface area contributed by atoms with Crippen LogP contribution in [0, 0.1) is 0 Å². The molecule has 21 heavy (non-hydrogen) atoms. The van der Waals surface area contributed by atoms with E-state index in [1.54, 1.807) is 13.2 Å². The number of carbonyl (C=O) groups excluding carboxylic acids is 1. The first-order chi connectivity index (χ1) is 10.2. The lowest BCUT2D eigenvalue weighted by atomic mass is 10.1. The molecule has 6 heteroatoms. The van der Waals surface area contributed by atoms with Crippen LogP contribution in [-0.2, 0) is 0 Å². The first kappa shape index (κ1) is 16.3. The van der Waals surface area contributed by atoms with Gasteiger partial charge in [0, 0.05) is 30.7 Å². The van der Waals surface area contributed by atoms with Crippen LogP contribution in [0.4, 0.5) is 0 Å². The van der Waals surface area contributed by atoms with Gasteiger partial charge in [0.25, 0.3) is 5.91 Å². The van der Waals surface area contributed by atoms with Crippen LogP contribution < -0.4 is 4.74 Å². The Morgan fingerprint density at radius 2 is 2.14 bits per heavy atom. The van der Waals surface area contributed by atoms with Crippen molar-refractivity contribution in [2.75, 3.05) is 46.4 Å². The summed E-state index contributed by atoms with van der Waals surface area (Å²) in [6, 6.07) is 5.45. The number of methoxy groups -OCH3 is 1. The van der Waals surface area contributed by atoms with Crippen molar-refractivity contribution < 1.29 is 14.6 Å². The molecule has 2 rings (SSSR count). The van der Waals surface area contributed by atoms with E-state index in [9.17, 15) is 4.79 Å². The summed E-state index contributed by atoms with van der Waals surface area (Å²) in [7, 11) is 1.57. The van der Waals surface area contributed by atoms with Gasteiger partial charge in [0.2, 0.25) is 0 Å². The quantitative estimate of drug-likeness (QED) is 0.890. The van der Waals surface area contributed by atoms with E-state index in [-0.39, 0.29) is 12.5 Å². The normalized spacial score (nSPS) is 16.6. The third-order valence-corrected chi connectivity index (χ3v) is 4.18. The molecule has 1 aromatic rings. The molecule has 0 bridgehead atoms. The number of benzene rings is 1. The van der Waals surface area contributed by atoms with Crippen LogP contribution in [0.25, 0.3) is 0 Å². The Morgan fingerprint density at radius 3 is 2.86 bits per heavy atom. The molecular weight excluding hydrogens is 336 g/mol. The number of hydrogen-bond donors (Lipinski definition) is 1. The number of hydrogen-bond acceptors (Lipinski definition) is 4. The van der Waals surface area contributed by atoms with E-state index in [0.717, 1.165) is 30.5 Å². The van der Waals surface area contributed by atoms with Gasteiger partial charge >= 0.3 is 0 Å². The summed E-state index contributed by atoms with van der Waals surface area (Å²) in [6.45, 7) is 3.96. The molecule has 0 unspecified atom stereocenters. The van der Waals surface area contributed by atoms with E-state index in [0.29, 0.717) is 24.4 Å². The third-order valence-electron chi connectivity index (χ3n) is 3.69. The van der Waals surface area contributed by atoms with Gasteiger partial charge in [-0.1, -0.05) is 15.9 Å². The van der Waals surface area contributed by atoms with Crippen LogP contribution in [0.15, 0.2) is 22.7 Å². The lowest BCUT2D eigenvalue weighted by Crippen LogP contribution is -2.36. The number of β-amino-alcohol motifs (C(OH)–C–C–N with tert-alkyl or cyclic N) is 1. The maximum atomic E-state index is 12.7. The highest BCUT2D eigenvalue weighted by Crippen LogP contribution is 2.25. The molecule has 0 aliphatic carbocycles. The summed E-state index contributed by atoms with van der Waals surface area (Å²) in [4.78, 5) is 16.7. The van der Waals surface area contributed by atoms with Crippen LogP contribution >= 0.6 is 15.9 Å². The van der Waals surface area contributed by atoms with E-state index in [4.69, 9.17) is 9.84 Å². The monoisotopic (exact) mass is 356 g/mol. The lowest BCUT2D eigenvalue weighted by Gasteiger charge is -2.22. The average Bonchev–Trinajstić information content (AvgIpc) is 2.72. The maximum Gasteiger partial charge on any atom is 0.257 e. The molecule has 1 amide bonds. The minimum atomic E-state index is 0.00481. The second-order valence-corrected chi connectivity index (χ2v) is 5.97.